The van der Waals surface area contributed by atoms with E-state index >= 15 is 0 Å². The third-order valence-corrected chi connectivity index (χ3v) is 4.22. The average molecular weight is 379 g/mol. The summed E-state index contributed by atoms with van der Waals surface area (Å²) in [5.74, 6) is 1.52. The highest BCUT2D eigenvalue weighted by molar-refractivity contribution is 9.10. The maximum absolute atomic E-state index is 6.08. The number of aromatic nitrogens is 2. The first kappa shape index (κ1) is 15.1. The SMILES string of the molecule is COc1ccc(CNc2nnc(Cl)c3ccccc23)cc1Br. The lowest BCUT2D eigenvalue weighted by molar-refractivity contribution is 0.412. The lowest BCUT2D eigenvalue weighted by Gasteiger charge is -2.10. The molecule has 0 aliphatic carbocycles. The number of hydrogen-bond donors (Lipinski definition) is 1. The number of rotatable bonds is 4. The van der Waals surface area contributed by atoms with Crippen molar-refractivity contribution >= 4 is 44.1 Å². The van der Waals surface area contributed by atoms with Crippen molar-refractivity contribution < 1.29 is 4.74 Å². The summed E-state index contributed by atoms with van der Waals surface area (Å²) in [7, 11) is 1.65. The van der Waals surface area contributed by atoms with Crippen LogP contribution in [0.5, 0.6) is 5.75 Å². The highest BCUT2D eigenvalue weighted by Gasteiger charge is 2.07. The van der Waals surface area contributed by atoms with E-state index in [1.165, 1.54) is 0 Å². The van der Waals surface area contributed by atoms with Gasteiger partial charge < -0.3 is 10.1 Å². The Bertz CT molecular complexity index is 826. The Balaban J connectivity index is 1.85. The Morgan fingerprint density at radius 1 is 1.14 bits per heavy atom. The highest BCUT2D eigenvalue weighted by atomic mass is 79.9. The molecular weight excluding hydrogens is 366 g/mol. The van der Waals surface area contributed by atoms with E-state index in [0.717, 1.165) is 26.6 Å². The summed E-state index contributed by atoms with van der Waals surface area (Å²) in [6, 6.07) is 13.7. The Morgan fingerprint density at radius 3 is 2.64 bits per heavy atom. The summed E-state index contributed by atoms with van der Waals surface area (Å²) in [5.41, 5.74) is 1.11. The predicted molar refractivity (Wildman–Crippen MR) is 92.6 cm³/mol. The Kier molecular flexibility index (Phi) is 4.45. The molecular formula is C16H13BrClN3O. The zero-order valence-corrected chi connectivity index (χ0v) is 14.1. The van der Waals surface area contributed by atoms with Crippen LogP contribution in [-0.4, -0.2) is 17.3 Å². The monoisotopic (exact) mass is 377 g/mol. The zero-order chi connectivity index (χ0) is 15.5. The van der Waals surface area contributed by atoms with Gasteiger partial charge in [-0.1, -0.05) is 41.9 Å². The molecule has 22 heavy (non-hydrogen) atoms. The fraction of sp³-hybridized carbons (Fsp3) is 0.125. The smallest absolute Gasteiger partial charge is 0.159 e. The Labute approximate surface area is 141 Å². The van der Waals surface area contributed by atoms with Crippen LogP contribution in [0.3, 0.4) is 0 Å². The van der Waals surface area contributed by atoms with Gasteiger partial charge in [0, 0.05) is 17.3 Å². The Hall–Kier alpha value is -1.85. The molecule has 0 saturated heterocycles. The average Bonchev–Trinajstić information content (AvgIpc) is 2.55. The molecule has 0 saturated carbocycles. The van der Waals surface area contributed by atoms with Crippen molar-refractivity contribution in [3.8, 4) is 5.75 Å². The molecule has 0 aliphatic heterocycles. The normalized spacial score (nSPS) is 10.7. The van der Waals surface area contributed by atoms with E-state index in [4.69, 9.17) is 16.3 Å². The summed E-state index contributed by atoms with van der Waals surface area (Å²) < 4.78 is 6.15. The summed E-state index contributed by atoms with van der Waals surface area (Å²) in [4.78, 5) is 0. The third kappa shape index (κ3) is 3.00. The maximum Gasteiger partial charge on any atom is 0.159 e. The lowest BCUT2D eigenvalue weighted by atomic mass is 10.2. The second-order valence-corrected chi connectivity index (χ2v) is 5.92. The third-order valence-electron chi connectivity index (χ3n) is 3.32. The number of nitrogens with one attached hydrogen (secondary N) is 1. The molecule has 3 rings (SSSR count). The van der Waals surface area contributed by atoms with E-state index in [-0.39, 0.29) is 0 Å². The number of fused-ring (bicyclic) bond motifs is 1. The minimum absolute atomic E-state index is 0.411. The van der Waals surface area contributed by atoms with Crippen LogP contribution in [0.1, 0.15) is 5.56 Å². The summed E-state index contributed by atoms with van der Waals surface area (Å²) in [5, 5.41) is 13.7. The number of halogens is 2. The van der Waals surface area contributed by atoms with E-state index in [9.17, 15) is 0 Å². The van der Waals surface area contributed by atoms with E-state index < -0.39 is 0 Å². The molecule has 0 fully saturated rings. The van der Waals surface area contributed by atoms with Crippen molar-refractivity contribution in [2.45, 2.75) is 6.54 Å². The second-order valence-electron chi connectivity index (χ2n) is 4.71. The molecule has 1 N–H and O–H groups in total. The topological polar surface area (TPSA) is 47.0 Å². The molecule has 0 spiro atoms. The van der Waals surface area contributed by atoms with Crippen molar-refractivity contribution in [2.75, 3.05) is 12.4 Å². The van der Waals surface area contributed by atoms with Gasteiger partial charge in [0.25, 0.3) is 0 Å². The van der Waals surface area contributed by atoms with Gasteiger partial charge in [-0.15, -0.1) is 10.2 Å². The number of ether oxygens (including phenoxy) is 1. The molecule has 0 bridgehead atoms. The van der Waals surface area contributed by atoms with Gasteiger partial charge in [0.05, 0.1) is 11.6 Å². The summed E-state index contributed by atoms with van der Waals surface area (Å²) in [6.07, 6.45) is 0. The van der Waals surface area contributed by atoms with Crippen LogP contribution in [0.4, 0.5) is 5.82 Å². The van der Waals surface area contributed by atoms with Gasteiger partial charge in [0.1, 0.15) is 5.75 Å². The van der Waals surface area contributed by atoms with E-state index in [1.54, 1.807) is 7.11 Å². The molecule has 1 heterocycles. The van der Waals surface area contributed by atoms with Crippen molar-refractivity contribution in [1.82, 2.24) is 10.2 Å². The minimum Gasteiger partial charge on any atom is -0.496 e. The predicted octanol–water partition coefficient (Wildman–Crippen LogP) is 4.67. The van der Waals surface area contributed by atoms with Gasteiger partial charge in [-0.25, -0.2) is 0 Å². The number of hydrogen-bond acceptors (Lipinski definition) is 4. The van der Waals surface area contributed by atoms with Crippen molar-refractivity contribution in [2.24, 2.45) is 0 Å². The molecule has 0 amide bonds. The van der Waals surface area contributed by atoms with Gasteiger partial charge in [0.15, 0.2) is 11.0 Å². The standard InChI is InChI=1S/C16H13BrClN3O/c1-22-14-7-6-10(8-13(14)17)9-19-16-12-5-3-2-4-11(12)15(18)20-21-16/h2-8H,9H2,1H3,(H,19,21). The largest absolute Gasteiger partial charge is 0.496 e. The first-order valence-corrected chi connectivity index (χ1v) is 7.83. The highest BCUT2D eigenvalue weighted by Crippen LogP contribution is 2.28. The quantitative estimate of drug-likeness (QED) is 0.717. The van der Waals surface area contributed by atoms with Gasteiger partial charge in [-0.2, -0.15) is 0 Å². The van der Waals surface area contributed by atoms with Crippen LogP contribution in [0, 0.1) is 0 Å². The molecule has 4 nitrogen and oxygen atoms in total. The minimum atomic E-state index is 0.411. The first-order valence-electron chi connectivity index (χ1n) is 6.66. The molecule has 2 aromatic carbocycles. The van der Waals surface area contributed by atoms with Crippen molar-refractivity contribution in [3.63, 3.8) is 0 Å². The Morgan fingerprint density at radius 2 is 1.91 bits per heavy atom. The summed E-state index contributed by atoms with van der Waals surface area (Å²) >= 11 is 9.56. The van der Waals surface area contributed by atoms with E-state index in [1.807, 2.05) is 42.5 Å². The first-order chi connectivity index (χ1) is 10.7. The number of methoxy groups -OCH3 is 1. The maximum atomic E-state index is 6.08. The lowest BCUT2D eigenvalue weighted by Crippen LogP contribution is -2.03. The molecule has 3 aromatic rings. The van der Waals surface area contributed by atoms with Crippen LogP contribution >= 0.6 is 27.5 Å². The van der Waals surface area contributed by atoms with Crippen molar-refractivity contribution in [1.29, 1.82) is 0 Å². The van der Waals surface area contributed by atoms with Crippen LogP contribution in [0.2, 0.25) is 5.15 Å². The molecule has 0 radical (unpaired) electrons. The fourth-order valence-electron chi connectivity index (χ4n) is 2.21. The van der Waals surface area contributed by atoms with Gasteiger partial charge >= 0.3 is 0 Å². The van der Waals surface area contributed by atoms with Crippen LogP contribution in [0.15, 0.2) is 46.9 Å². The van der Waals surface area contributed by atoms with Gasteiger partial charge in [0.2, 0.25) is 0 Å². The fourth-order valence-corrected chi connectivity index (χ4v) is 3.00. The molecule has 112 valence electrons. The van der Waals surface area contributed by atoms with Crippen molar-refractivity contribution in [3.05, 3.63) is 57.7 Å². The molecule has 0 atom stereocenters. The number of nitrogens with zero attached hydrogens (tertiary/aromatic N) is 2. The molecule has 0 unspecified atom stereocenters. The van der Waals surface area contributed by atoms with Gasteiger partial charge in [-0.3, -0.25) is 0 Å². The second kappa shape index (κ2) is 6.50. The zero-order valence-electron chi connectivity index (χ0n) is 11.8. The molecule has 6 heteroatoms. The number of benzene rings is 2. The molecule has 1 aromatic heterocycles. The molecule has 0 aliphatic rings. The summed E-state index contributed by atoms with van der Waals surface area (Å²) in [6.45, 7) is 0.628. The van der Waals surface area contributed by atoms with Gasteiger partial charge in [-0.05, 0) is 33.6 Å². The van der Waals surface area contributed by atoms with Crippen LogP contribution in [-0.2, 0) is 6.54 Å². The van der Waals surface area contributed by atoms with E-state index in [2.05, 4.69) is 31.4 Å². The number of anilines is 1. The van der Waals surface area contributed by atoms with Crippen LogP contribution in [0.25, 0.3) is 10.8 Å². The van der Waals surface area contributed by atoms with Crippen LogP contribution < -0.4 is 10.1 Å². The van der Waals surface area contributed by atoms with E-state index in [0.29, 0.717) is 17.5 Å².